The predicted octanol–water partition coefficient (Wildman–Crippen LogP) is 2.55. The van der Waals surface area contributed by atoms with Gasteiger partial charge in [-0.05, 0) is 18.9 Å². The Morgan fingerprint density at radius 2 is 1.75 bits per heavy atom. The summed E-state index contributed by atoms with van der Waals surface area (Å²) in [5.74, 6) is 0.705. The highest BCUT2D eigenvalue weighted by molar-refractivity contribution is 7.15. The van der Waals surface area contributed by atoms with E-state index in [1.807, 2.05) is 0 Å². The summed E-state index contributed by atoms with van der Waals surface area (Å²) in [4.78, 5) is 11.5. The third kappa shape index (κ3) is 3.14. The van der Waals surface area contributed by atoms with Crippen molar-refractivity contribution in [1.29, 1.82) is 0 Å². The third-order valence-electron chi connectivity index (χ3n) is 4.12. The minimum absolute atomic E-state index is 0.125. The first-order valence-corrected chi connectivity index (χ1v) is 8.56. The molecule has 1 saturated heterocycles. The number of halogens is 3. The summed E-state index contributed by atoms with van der Waals surface area (Å²) in [7, 11) is 0. The van der Waals surface area contributed by atoms with Gasteiger partial charge in [0, 0.05) is 38.3 Å². The fraction of sp³-hybridized carbons (Fsp3) is 0.571. The molecule has 0 bridgehead atoms. The average Bonchev–Trinajstić information content (AvgIpc) is 3.32. The van der Waals surface area contributed by atoms with Crippen LogP contribution in [-0.2, 0) is 6.18 Å². The molecule has 0 amide bonds. The molecule has 24 heavy (non-hydrogen) atoms. The molecule has 0 radical (unpaired) electrons. The Bertz CT molecular complexity index is 721. The third-order valence-corrected chi connectivity index (χ3v) is 5.27. The van der Waals surface area contributed by atoms with E-state index in [9.17, 15) is 13.2 Å². The molecule has 4 rings (SSSR count). The zero-order valence-electron chi connectivity index (χ0n) is 12.7. The molecule has 3 heterocycles. The molecular formula is C14H15F3N6S. The first kappa shape index (κ1) is 15.6. The minimum atomic E-state index is -4.45. The highest BCUT2D eigenvalue weighted by atomic mass is 32.1. The van der Waals surface area contributed by atoms with Gasteiger partial charge in [0.25, 0.3) is 0 Å². The van der Waals surface area contributed by atoms with Crippen LogP contribution in [0.25, 0.3) is 0 Å². The maximum absolute atomic E-state index is 12.8. The van der Waals surface area contributed by atoms with Gasteiger partial charge in [-0.1, -0.05) is 11.3 Å². The van der Waals surface area contributed by atoms with Gasteiger partial charge in [0.05, 0.1) is 0 Å². The number of hydrogen-bond acceptors (Lipinski definition) is 7. The lowest BCUT2D eigenvalue weighted by molar-refractivity contribution is -0.141. The number of hydrogen-bond donors (Lipinski definition) is 0. The van der Waals surface area contributed by atoms with E-state index in [0.717, 1.165) is 22.4 Å². The van der Waals surface area contributed by atoms with Crippen LogP contribution in [0.15, 0.2) is 12.3 Å². The molecule has 1 aliphatic carbocycles. The molecule has 0 aromatic carbocycles. The number of anilines is 2. The second-order valence-electron chi connectivity index (χ2n) is 5.91. The van der Waals surface area contributed by atoms with Crippen molar-refractivity contribution in [3.8, 4) is 0 Å². The molecule has 2 aromatic rings. The van der Waals surface area contributed by atoms with Gasteiger partial charge in [-0.2, -0.15) is 13.2 Å². The van der Waals surface area contributed by atoms with Crippen molar-refractivity contribution in [3.63, 3.8) is 0 Å². The smallest absolute Gasteiger partial charge is 0.343 e. The maximum Gasteiger partial charge on any atom is 0.433 e. The van der Waals surface area contributed by atoms with Crippen LogP contribution in [-0.4, -0.2) is 46.3 Å². The van der Waals surface area contributed by atoms with Crippen molar-refractivity contribution in [2.75, 3.05) is 36.0 Å². The van der Waals surface area contributed by atoms with Gasteiger partial charge in [-0.3, -0.25) is 0 Å². The molecule has 0 atom stereocenters. The van der Waals surface area contributed by atoms with E-state index in [0.29, 0.717) is 32.1 Å². The van der Waals surface area contributed by atoms with Crippen LogP contribution in [0.5, 0.6) is 0 Å². The lowest BCUT2D eigenvalue weighted by Gasteiger charge is -2.34. The minimum Gasteiger partial charge on any atom is -0.343 e. The molecule has 1 saturated carbocycles. The molecule has 0 spiro atoms. The lowest BCUT2D eigenvalue weighted by Crippen LogP contribution is -2.47. The van der Waals surface area contributed by atoms with Crippen molar-refractivity contribution < 1.29 is 13.2 Å². The molecule has 0 unspecified atom stereocenters. The van der Waals surface area contributed by atoms with Gasteiger partial charge in [0.1, 0.15) is 10.7 Å². The van der Waals surface area contributed by atoms with Crippen LogP contribution in [0.3, 0.4) is 0 Å². The fourth-order valence-corrected chi connectivity index (χ4v) is 3.67. The summed E-state index contributed by atoms with van der Waals surface area (Å²) in [5, 5.41) is 10.5. The number of nitrogens with zero attached hydrogens (tertiary/aromatic N) is 6. The largest absolute Gasteiger partial charge is 0.433 e. The topological polar surface area (TPSA) is 58.0 Å². The molecule has 2 fully saturated rings. The molecular weight excluding hydrogens is 341 g/mol. The van der Waals surface area contributed by atoms with E-state index < -0.39 is 11.9 Å². The number of piperazine rings is 1. The quantitative estimate of drug-likeness (QED) is 0.842. The van der Waals surface area contributed by atoms with Crippen molar-refractivity contribution in [3.05, 3.63) is 23.0 Å². The Labute approximate surface area is 140 Å². The van der Waals surface area contributed by atoms with Crippen LogP contribution >= 0.6 is 11.3 Å². The van der Waals surface area contributed by atoms with E-state index in [-0.39, 0.29) is 5.95 Å². The van der Waals surface area contributed by atoms with Gasteiger partial charge in [-0.25, -0.2) is 9.97 Å². The second-order valence-corrected chi connectivity index (χ2v) is 6.90. The Kier molecular flexibility index (Phi) is 3.78. The number of aromatic nitrogens is 4. The van der Waals surface area contributed by atoms with Gasteiger partial charge < -0.3 is 9.80 Å². The zero-order valence-corrected chi connectivity index (χ0v) is 13.5. The summed E-state index contributed by atoms with van der Waals surface area (Å²) in [6.45, 7) is 2.44. The SMILES string of the molecule is FC(F)(F)c1ccnc(N2CCN(c3nnc(C4CC4)s3)CC2)n1. The van der Waals surface area contributed by atoms with Crippen LogP contribution in [0.1, 0.15) is 29.5 Å². The zero-order chi connectivity index (χ0) is 16.7. The normalized spacial score (nSPS) is 19.0. The lowest BCUT2D eigenvalue weighted by atomic mass is 10.3. The summed E-state index contributed by atoms with van der Waals surface area (Å²) in [6.07, 6.45) is -0.917. The molecule has 10 heteroatoms. The fourth-order valence-electron chi connectivity index (χ4n) is 2.61. The highest BCUT2D eigenvalue weighted by Crippen LogP contribution is 2.42. The van der Waals surface area contributed by atoms with Crippen LogP contribution in [0, 0.1) is 0 Å². The molecule has 2 aromatic heterocycles. The van der Waals surface area contributed by atoms with Gasteiger partial charge in [0.2, 0.25) is 11.1 Å². The molecule has 2 aliphatic rings. The number of rotatable bonds is 3. The van der Waals surface area contributed by atoms with Crippen LogP contribution < -0.4 is 9.80 Å². The average molecular weight is 356 g/mol. The monoisotopic (exact) mass is 356 g/mol. The van der Waals surface area contributed by atoms with E-state index in [4.69, 9.17) is 0 Å². The number of alkyl halides is 3. The van der Waals surface area contributed by atoms with E-state index in [2.05, 4.69) is 25.1 Å². The van der Waals surface area contributed by atoms with Crippen LogP contribution in [0.2, 0.25) is 0 Å². The standard InChI is InChI=1S/C14H15F3N6S/c15-14(16,17)10-3-4-18-12(19-10)22-5-7-23(8-6-22)13-21-20-11(24-13)9-1-2-9/h3-4,9H,1-2,5-8H2. The summed E-state index contributed by atoms with van der Waals surface area (Å²) >= 11 is 1.62. The second kappa shape index (κ2) is 5.83. The molecule has 6 nitrogen and oxygen atoms in total. The molecule has 1 aliphatic heterocycles. The molecule has 128 valence electrons. The van der Waals surface area contributed by atoms with Crippen molar-refractivity contribution in [1.82, 2.24) is 20.2 Å². The molecule has 0 N–H and O–H groups in total. The predicted molar refractivity (Wildman–Crippen MR) is 83.3 cm³/mol. The van der Waals surface area contributed by atoms with Crippen molar-refractivity contribution in [2.24, 2.45) is 0 Å². The van der Waals surface area contributed by atoms with Gasteiger partial charge in [-0.15, -0.1) is 10.2 Å². The maximum atomic E-state index is 12.8. The van der Waals surface area contributed by atoms with Gasteiger partial charge >= 0.3 is 6.18 Å². The Balaban J connectivity index is 1.42. The summed E-state index contributed by atoms with van der Waals surface area (Å²) in [5.41, 5.74) is -0.909. The van der Waals surface area contributed by atoms with Crippen molar-refractivity contribution in [2.45, 2.75) is 24.9 Å². The van der Waals surface area contributed by atoms with E-state index in [1.54, 1.807) is 16.2 Å². The Hall–Kier alpha value is -1.97. The van der Waals surface area contributed by atoms with E-state index in [1.165, 1.54) is 12.8 Å². The van der Waals surface area contributed by atoms with E-state index >= 15 is 0 Å². The Morgan fingerprint density at radius 3 is 2.42 bits per heavy atom. The first-order valence-electron chi connectivity index (χ1n) is 7.74. The summed E-state index contributed by atoms with van der Waals surface area (Å²) in [6, 6.07) is 0.889. The highest BCUT2D eigenvalue weighted by Gasteiger charge is 2.34. The first-order chi connectivity index (χ1) is 11.5. The van der Waals surface area contributed by atoms with Crippen molar-refractivity contribution >= 4 is 22.4 Å². The van der Waals surface area contributed by atoms with Crippen LogP contribution in [0.4, 0.5) is 24.3 Å². The van der Waals surface area contributed by atoms with Gasteiger partial charge in [0.15, 0.2) is 0 Å². The summed E-state index contributed by atoms with van der Waals surface area (Å²) < 4.78 is 38.3. The Morgan fingerprint density at radius 1 is 1.04 bits per heavy atom.